The largest absolute Gasteiger partial charge is 0.384 e. The standard InChI is InChI=1S/C18H22N4O2S/c1-12-7-8-14-5-3-4-6-16(14)22(12)18(23)10-24-21-17(19)9-15-11-25-13(2)20-15/h3-6,11-12H,7-10H2,1-2H3,(H2,19,21)/t12-/m1/s1. The van der Waals surface area contributed by atoms with Crippen LogP contribution >= 0.6 is 11.3 Å². The predicted molar refractivity (Wildman–Crippen MR) is 99.8 cm³/mol. The zero-order valence-electron chi connectivity index (χ0n) is 14.4. The second-order valence-corrected chi connectivity index (χ2v) is 7.23. The number of amidine groups is 1. The van der Waals surface area contributed by atoms with Gasteiger partial charge in [-0.15, -0.1) is 11.3 Å². The Morgan fingerprint density at radius 2 is 2.28 bits per heavy atom. The number of aryl methyl sites for hydroxylation is 2. The van der Waals surface area contributed by atoms with Crippen molar-refractivity contribution in [2.24, 2.45) is 10.9 Å². The predicted octanol–water partition coefficient (Wildman–Crippen LogP) is 2.65. The fraction of sp³-hybridized carbons (Fsp3) is 0.389. The summed E-state index contributed by atoms with van der Waals surface area (Å²) in [6, 6.07) is 8.13. The third kappa shape index (κ3) is 4.17. The summed E-state index contributed by atoms with van der Waals surface area (Å²) < 4.78 is 0. The summed E-state index contributed by atoms with van der Waals surface area (Å²) in [5.74, 6) is 0.200. The zero-order chi connectivity index (χ0) is 17.8. The van der Waals surface area contributed by atoms with Gasteiger partial charge in [0.1, 0.15) is 5.84 Å². The topological polar surface area (TPSA) is 80.8 Å². The lowest BCUT2D eigenvalue weighted by Gasteiger charge is -2.34. The number of para-hydroxylation sites is 1. The van der Waals surface area contributed by atoms with Gasteiger partial charge in [0.25, 0.3) is 5.91 Å². The van der Waals surface area contributed by atoms with E-state index in [1.807, 2.05) is 30.5 Å². The quantitative estimate of drug-likeness (QED) is 0.506. The molecule has 25 heavy (non-hydrogen) atoms. The summed E-state index contributed by atoms with van der Waals surface area (Å²) in [6.45, 7) is 3.86. The molecule has 7 heteroatoms. The molecule has 1 aliphatic rings. The minimum atomic E-state index is -0.129. The lowest BCUT2D eigenvalue weighted by molar-refractivity contribution is -0.123. The van der Waals surface area contributed by atoms with Crippen molar-refractivity contribution in [2.45, 2.75) is 39.2 Å². The first-order valence-corrected chi connectivity index (χ1v) is 9.18. The van der Waals surface area contributed by atoms with Gasteiger partial charge >= 0.3 is 0 Å². The number of carbonyl (C=O) groups is 1. The molecule has 2 aromatic rings. The maximum Gasteiger partial charge on any atom is 0.268 e. The molecule has 0 unspecified atom stereocenters. The van der Waals surface area contributed by atoms with Gasteiger partial charge in [-0.25, -0.2) is 4.98 Å². The second kappa shape index (κ2) is 7.65. The molecule has 1 amide bonds. The van der Waals surface area contributed by atoms with Crippen LogP contribution < -0.4 is 10.6 Å². The maximum atomic E-state index is 12.6. The number of nitrogens with two attached hydrogens (primary N) is 1. The van der Waals surface area contributed by atoms with Crippen molar-refractivity contribution in [3.05, 3.63) is 45.9 Å². The Labute approximate surface area is 151 Å². The average molecular weight is 358 g/mol. The lowest BCUT2D eigenvalue weighted by atomic mass is 9.96. The van der Waals surface area contributed by atoms with Crippen LogP contribution in [0.4, 0.5) is 5.69 Å². The number of nitrogens with zero attached hydrogens (tertiary/aromatic N) is 3. The molecule has 1 aromatic heterocycles. The molecule has 0 radical (unpaired) electrons. The Morgan fingerprint density at radius 1 is 1.48 bits per heavy atom. The Morgan fingerprint density at radius 3 is 3.04 bits per heavy atom. The molecule has 2 N–H and O–H groups in total. The summed E-state index contributed by atoms with van der Waals surface area (Å²) in [5, 5.41) is 6.78. The lowest BCUT2D eigenvalue weighted by Crippen LogP contribution is -2.43. The van der Waals surface area contributed by atoms with E-state index in [4.69, 9.17) is 10.6 Å². The molecule has 132 valence electrons. The van der Waals surface area contributed by atoms with Crippen molar-refractivity contribution in [3.8, 4) is 0 Å². The molecule has 0 fully saturated rings. The molecule has 0 bridgehead atoms. The SMILES string of the molecule is Cc1nc(C/C(N)=N/OCC(=O)N2c3ccccc3CC[C@H]2C)cs1. The summed E-state index contributed by atoms with van der Waals surface area (Å²) in [5.41, 5.74) is 8.86. The fourth-order valence-electron chi connectivity index (χ4n) is 3.02. The highest BCUT2D eigenvalue weighted by Crippen LogP contribution is 2.30. The van der Waals surface area contributed by atoms with E-state index in [0.717, 1.165) is 29.2 Å². The van der Waals surface area contributed by atoms with E-state index in [9.17, 15) is 4.79 Å². The fourth-order valence-corrected chi connectivity index (χ4v) is 3.63. The smallest absolute Gasteiger partial charge is 0.268 e. The van der Waals surface area contributed by atoms with Crippen LogP contribution in [-0.2, 0) is 22.5 Å². The van der Waals surface area contributed by atoms with Gasteiger partial charge in [0.05, 0.1) is 17.1 Å². The molecule has 0 aliphatic carbocycles. The number of aromatic nitrogens is 1. The van der Waals surface area contributed by atoms with E-state index in [1.54, 1.807) is 16.2 Å². The van der Waals surface area contributed by atoms with E-state index >= 15 is 0 Å². The molecule has 0 saturated carbocycles. The summed E-state index contributed by atoms with van der Waals surface area (Å²) in [6.07, 6.45) is 2.35. The van der Waals surface area contributed by atoms with E-state index in [1.165, 1.54) is 5.56 Å². The van der Waals surface area contributed by atoms with Gasteiger partial charge in [-0.1, -0.05) is 23.4 Å². The van der Waals surface area contributed by atoms with E-state index in [2.05, 4.69) is 23.1 Å². The number of amides is 1. The molecule has 1 aromatic carbocycles. The van der Waals surface area contributed by atoms with E-state index in [-0.39, 0.29) is 18.6 Å². The van der Waals surface area contributed by atoms with Crippen molar-refractivity contribution in [1.82, 2.24) is 4.98 Å². The number of anilines is 1. The van der Waals surface area contributed by atoms with Gasteiger partial charge in [-0.2, -0.15) is 0 Å². The van der Waals surface area contributed by atoms with Crippen molar-refractivity contribution in [1.29, 1.82) is 0 Å². The zero-order valence-corrected chi connectivity index (χ0v) is 15.3. The Bertz CT molecular complexity index is 787. The molecule has 3 rings (SSSR count). The minimum absolute atomic E-state index is 0.110. The first-order valence-electron chi connectivity index (χ1n) is 8.30. The summed E-state index contributed by atoms with van der Waals surface area (Å²) in [4.78, 5) is 23.9. The van der Waals surface area contributed by atoms with Crippen LogP contribution in [0, 0.1) is 6.92 Å². The Kier molecular flexibility index (Phi) is 5.33. The number of thiazole rings is 1. The number of benzene rings is 1. The normalized spacial score (nSPS) is 17.3. The van der Waals surface area contributed by atoms with Crippen LogP contribution in [0.25, 0.3) is 0 Å². The van der Waals surface area contributed by atoms with Gasteiger partial charge in [0.15, 0.2) is 6.61 Å². The third-order valence-corrected chi connectivity index (χ3v) is 5.01. The molecule has 0 spiro atoms. The maximum absolute atomic E-state index is 12.6. The van der Waals surface area contributed by atoms with Gasteiger partial charge in [-0.3, -0.25) is 4.79 Å². The minimum Gasteiger partial charge on any atom is -0.384 e. The molecule has 1 atom stereocenters. The van der Waals surface area contributed by atoms with Crippen LogP contribution in [0.1, 0.15) is 29.6 Å². The van der Waals surface area contributed by atoms with Gasteiger partial charge in [-0.05, 0) is 38.3 Å². The number of oxime groups is 1. The molecule has 6 nitrogen and oxygen atoms in total. The molecule has 0 saturated heterocycles. The van der Waals surface area contributed by atoms with Crippen molar-refractivity contribution < 1.29 is 9.63 Å². The van der Waals surface area contributed by atoms with Crippen LogP contribution in [0.3, 0.4) is 0 Å². The number of hydrogen-bond donors (Lipinski definition) is 1. The van der Waals surface area contributed by atoms with Crippen molar-refractivity contribution >= 4 is 28.8 Å². The van der Waals surface area contributed by atoms with E-state index < -0.39 is 0 Å². The monoisotopic (exact) mass is 358 g/mol. The van der Waals surface area contributed by atoms with Crippen LogP contribution in [-0.4, -0.2) is 29.4 Å². The van der Waals surface area contributed by atoms with Crippen LogP contribution in [0.2, 0.25) is 0 Å². The first kappa shape index (κ1) is 17.4. The van der Waals surface area contributed by atoms with Gasteiger partial charge in [0, 0.05) is 17.1 Å². The highest BCUT2D eigenvalue weighted by molar-refractivity contribution is 7.09. The number of carbonyl (C=O) groups excluding carboxylic acids is 1. The first-order chi connectivity index (χ1) is 12.0. The average Bonchev–Trinajstić information content (AvgIpc) is 2.99. The second-order valence-electron chi connectivity index (χ2n) is 6.17. The highest BCUT2D eigenvalue weighted by atomic mass is 32.1. The number of rotatable bonds is 5. The molecular weight excluding hydrogens is 336 g/mol. The number of fused-ring (bicyclic) bond motifs is 1. The Hall–Kier alpha value is -2.41. The summed E-state index contributed by atoms with van der Waals surface area (Å²) >= 11 is 1.56. The van der Waals surface area contributed by atoms with Gasteiger partial charge in [0.2, 0.25) is 0 Å². The highest BCUT2D eigenvalue weighted by Gasteiger charge is 2.28. The molecule has 1 aliphatic heterocycles. The third-order valence-electron chi connectivity index (χ3n) is 4.19. The number of hydrogen-bond acceptors (Lipinski definition) is 5. The van der Waals surface area contributed by atoms with Crippen molar-refractivity contribution in [3.63, 3.8) is 0 Å². The molecular formula is C18H22N4O2S. The molecule has 2 heterocycles. The summed E-state index contributed by atoms with van der Waals surface area (Å²) in [7, 11) is 0. The Balaban J connectivity index is 1.60. The van der Waals surface area contributed by atoms with Crippen LogP contribution in [0.5, 0.6) is 0 Å². The van der Waals surface area contributed by atoms with Crippen LogP contribution in [0.15, 0.2) is 34.8 Å². The van der Waals surface area contributed by atoms with E-state index in [0.29, 0.717) is 12.3 Å². The van der Waals surface area contributed by atoms with Crippen molar-refractivity contribution in [2.75, 3.05) is 11.5 Å². The van der Waals surface area contributed by atoms with Gasteiger partial charge < -0.3 is 15.5 Å².